The highest BCUT2D eigenvalue weighted by Crippen LogP contribution is 2.17. The molecule has 1 heterocycles. The van der Waals surface area contributed by atoms with Gasteiger partial charge in [0.1, 0.15) is 5.82 Å². The molecule has 4 nitrogen and oxygen atoms in total. The molecule has 2 rings (SSSR count). The Morgan fingerprint density at radius 3 is 2.44 bits per heavy atom. The summed E-state index contributed by atoms with van der Waals surface area (Å²) in [4.78, 5) is 17.8. The van der Waals surface area contributed by atoms with Gasteiger partial charge in [-0.1, -0.05) is 12.1 Å². The fourth-order valence-electron chi connectivity index (χ4n) is 1.26. The highest BCUT2D eigenvalue weighted by atomic mass is 19.1. The lowest BCUT2D eigenvalue weighted by Gasteiger charge is -2.00. The highest BCUT2D eigenvalue weighted by Gasteiger charge is 2.06. The van der Waals surface area contributed by atoms with Crippen molar-refractivity contribution < 1.29 is 14.3 Å². The molecule has 0 saturated carbocycles. The molecule has 0 spiro atoms. The highest BCUT2D eigenvalue weighted by molar-refractivity contribution is 5.83. The number of aromatic nitrogens is 2. The number of rotatable bonds is 2. The van der Waals surface area contributed by atoms with Crippen LogP contribution in [-0.4, -0.2) is 21.0 Å². The van der Waals surface area contributed by atoms with E-state index in [2.05, 4.69) is 9.97 Å². The van der Waals surface area contributed by atoms with E-state index in [9.17, 15) is 9.18 Å². The van der Waals surface area contributed by atoms with Crippen LogP contribution in [0.4, 0.5) is 4.39 Å². The Morgan fingerprint density at radius 1 is 1.19 bits per heavy atom. The number of hydrogen-bond donors (Lipinski definition) is 1. The zero-order valence-electron chi connectivity index (χ0n) is 8.09. The van der Waals surface area contributed by atoms with E-state index in [1.54, 1.807) is 12.1 Å². The molecular formula is C11H7FN2O2. The van der Waals surface area contributed by atoms with Crippen molar-refractivity contribution in [3.63, 3.8) is 0 Å². The Kier molecular flexibility index (Phi) is 2.59. The third kappa shape index (κ3) is 2.03. The van der Waals surface area contributed by atoms with Crippen molar-refractivity contribution in [2.24, 2.45) is 0 Å². The van der Waals surface area contributed by atoms with E-state index < -0.39 is 5.97 Å². The van der Waals surface area contributed by atoms with Gasteiger partial charge in [0.2, 0.25) is 5.82 Å². The largest absolute Gasteiger partial charge is 0.475 e. The second-order valence-corrected chi connectivity index (χ2v) is 3.11. The summed E-state index contributed by atoms with van der Waals surface area (Å²) >= 11 is 0. The summed E-state index contributed by atoms with van der Waals surface area (Å²) in [6, 6.07) is 5.92. The van der Waals surface area contributed by atoms with Gasteiger partial charge in [-0.15, -0.1) is 0 Å². The van der Waals surface area contributed by atoms with Gasteiger partial charge in [-0.3, -0.25) is 0 Å². The fourth-order valence-corrected chi connectivity index (χ4v) is 1.26. The van der Waals surface area contributed by atoms with Gasteiger partial charge in [-0.25, -0.2) is 19.2 Å². The molecule has 1 aromatic carbocycles. The second-order valence-electron chi connectivity index (χ2n) is 3.11. The first kappa shape index (κ1) is 10.2. The number of nitrogens with zero attached hydrogens (tertiary/aromatic N) is 2. The third-order valence-corrected chi connectivity index (χ3v) is 2.00. The lowest BCUT2D eigenvalue weighted by molar-refractivity contribution is 0.0683. The first-order valence-corrected chi connectivity index (χ1v) is 4.48. The van der Waals surface area contributed by atoms with Crippen LogP contribution in [0.2, 0.25) is 0 Å². The zero-order valence-corrected chi connectivity index (χ0v) is 8.09. The van der Waals surface area contributed by atoms with Crippen molar-refractivity contribution in [3.8, 4) is 11.1 Å². The minimum Gasteiger partial charge on any atom is -0.475 e. The average Bonchev–Trinajstić information content (AvgIpc) is 2.29. The normalized spacial score (nSPS) is 10.1. The van der Waals surface area contributed by atoms with Crippen molar-refractivity contribution in [1.82, 2.24) is 9.97 Å². The molecule has 0 aliphatic heterocycles. The number of carboxylic acid groups (broad SMARTS) is 1. The van der Waals surface area contributed by atoms with Crippen molar-refractivity contribution >= 4 is 5.97 Å². The SMILES string of the molecule is O=C(O)c1ncc(-c2cccc(F)c2)cn1. The van der Waals surface area contributed by atoms with Gasteiger partial charge in [0.25, 0.3) is 0 Å². The molecule has 0 bridgehead atoms. The molecule has 0 amide bonds. The third-order valence-electron chi connectivity index (χ3n) is 2.00. The Bertz CT molecular complexity index is 526. The van der Waals surface area contributed by atoms with Crippen LogP contribution in [0.3, 0.4) is 0 Å². The summed E-state index contributed by atoms with van der Waals surface area (Å²) < 4.78 is 12.9. The predicted octanol–water partition coefficient (Wildman–Crippen LogP) is 1.98. The Hall–Kier alpha value is -2.30. The molecule has 2 aromatic rings. The minimum absolute atomic E-state index is 0.278. The van der Waals surface area contributed by atoms with Crippen LogP contribution >= 0.6 is 0 Å². The minimum atomic E-state index is -1.19. The monoisotopic (exact) mass is 218 g/mol. The van der Waals surface area contributed by atoms with Gasteiger partial charge >= 0.3 is 5.97 Å². The molecule has 0 atom stereocenters. The van der Waals surface area contributed by atoms with Crippen LogP contribution in [0, 0.1) is 5.82 Å². The van der Waals surface area contributed by atoms with Gasteiger partial charge < -0.3 is 5.11 Å². The summed E-state index contributed by atoms with van der Waals surface area (Å²) in [6.07, 6.45) is 2.70. The number of hydrogen-bond acceptors (Lipinski definition) is 3. The second kappa shape index (κ2) is 4.06. The van der Waals surface area contributed by atoms with Crippen molar-refractivity contribution in [1.29, 1.82) is 0 Å². The molecule has 0 aliphatic rings. The Labute approximate surface area is 90.4 Å². The zero-order chi connectivity index (χ0) is 11.5. The van der Waals surface area contributed by atoms with E-state index in [0.717, 1.165) is 0 Å². The first-order valence-electron chi connectivity index (χ1n) is 4.48. The summed E-state index contributed by atoms with van der Waals surface area (Å²) in [7, 11) is 0. The first-order chi connectivity index (χ1) is 7.66. The van der Waals surface area contributed by atoms with Crippen LogP contribution in [0.1, 0.15) is 10.6 Å². The van der Waals surface area contributed by atoms with Crippen molar-refractivity contribution in [3.05, 3.63) is 48.3 Å². The molecule has 0 unspecified atom stereocenters. The average molecular weight is 218 g/mol. The molecule has 0 fully saturated rings. The smallest absolute Gasteiger partial charge is 0.373 e. The predicted molar refractivity (Wildman–Crippen MR) is 54.4 cm³/mol. The quantitative estimate of drug-likeness (QED) is 0.837. The number of carboxylic acids is 1. The number of benzene rings is 1. The number of carbonyl (C=O) groups is 1. The summed E-state index contributed by atoms with van der Waals surface area (Å²) in [5.74, 6) is -1.83. The molecule has 1 N–H and O–H groups in total. The van der Waals surface area contributed by atoms with Crippen LogP contribution in [-0.2, 0) is 0 Å². The Morgan fingerprint density at radius 2 is 1.88 bits per heavy atom. The summed E-state index contributed by atoms with van der Waals surface area (Å²) in [6.45, 7) is 0. The molecule has 0 aliphatic carbocycles. The van der Waals surface area contributed by atoms with Crippen molar-refractivity contribution in [2.45, 2.75) is 0 Å². The summed E-state index contributed by atoms with van der Waals surface area (Å²) in [5.41, 5.74) is 1.18. The van der Waals surface area contributed by atoms with E-state index in [1.165, 1.54) is 24.5 Å². The van der Waals surface area contributed by atoms with E-state index in [4.69, 9.17) is 5.11 Å². The fraction of sp³-hybridized carbons (Fsp3) is 0. The Balaban J connectivity index is 2.38. The van der Waals surface area contributed by atoms with E-state index in [1.807, 2.05) is 0 Å². The number of halogens is 1. The number of aromatic carboxylic acids is 1. The van der Waals surface area contributed by atoms with Gasteiger partial charge in [-0.05, 0) is 17.7 Å². The van der Waals surface area contributed by atoms with E-state index in [-0.39, 0.29) is 11.6 Å². The lowest BCUT2D eigenvalue weighted by atomic mass is 10.1. The van der Waals surface area contributed by atoms with Gasteiger partial charge in [0.15, 0.2) is 0 Å². The van der Waals surface area contributed by atoms with Crippen molar-refractivity contribution in [2.75, 3.05) is 0 Å². The van der Waals surface area contributed by atoms with Gasteiger partial charge in [0, 0.05) is 18.0 Å². The summed E-state index contributed by atoms with van der Waals surface area (Å²) in [5, 5.41) is 8.61. The lowest BCUT2D eigenvalue weighted by Crippen LogP contribution is -2.03. The van der Waals surface area contributed by atoms with Crippen LogP contribution in [0.15, 0.2) is 36.7 Å². The van der Waals surface area contributed by atoms with Gasteiger partial charge in [-0.2, -0.15) is 0 Å². The topological polar surface area (TPSA) is 63.1 Å². The maximum absolute atomic E-state index is 12.9. The standard InChI is InChI=1S/C11H7FN2O2/c12-9-3-1-2-7(4-9)8-5-13-10(11(15)16)14-6-8/h1-6H,(H,15,16). The maximum Gasteiger partial charge on any atom is 0.373 e. The van der Waals surface area contributed by atoms with Gasteiger partial charge in [0.05, 0.1) is 0 Å². The molecule has 1 aromatic heterocycles. The van der Waals surface area contributed by atoms with E-state index in [0.29, 0.717) is 11.1 Å². The molecule has 5 heteroatoms. The molecule has 0 radical (unpaired) electrons. The van der Waals surface area contributed by atoms with Crippen LogP contribution in [0.25, 0.3) is 11.1 Å². The van der Waals surface area contributed by atoms with Crippen LogP contribution < -0.4 is 0 Å². The molecule has 16 heavy (non-hydrogen) atoms. The molecule has 80 valence electrons. The van der Waals surface area contributed by atoms with E-state index >= 15 is 0 Å². The van der Waals surface area contributed by atoms with Crippen LogP contribution in [0.5, 0.6) is 0 Å². The molecular weight excluding hydrogens is 211 g/mol. The maximum atomic E-state index is 12.9. The molecule has 0 saturated heterocycles.